The van der Waals surface area contributed by atoms with Gasteiger partial charge in [0, 0.05) is 11.1 Å². The summed E-state index contributed by atoms with van der Waals surface area (Å²) in [6.07, 6.45) is 0. The molecule has 0 amide bonds. The van der Waals surface area contributed by atoms with Gasteiger partial charge in [0.05, 0.1) is 5.71 Å². The van der Waals surface area contributed by atoms with Gasteiger partial charge in [-0.2, -0.15) is 0 Å². The normalized spacial score (nSPS) is 9.56. The first-order chi connectivity index (χ1) is 4.20. The molecule has 1 N–H and O–H groups in total. The third-order valence-corrected chi connectivity index (χ3v) is 2.02. The standard InChI is InChI=1S/C6H8N2S/c1-4-3-9-6(8-4)5(2)7/h3,7H,1-2H3. The number of aromatic nitrogens is 1. The second-order valence-corrected chi connectivity index (χ2v) is 2.78. The highest BCUT2D eigenvalue weighted by Gasteiger charge is 1.97. The SMILES string of the molecule is CC(=N)c1nc(C)cs1. The largest absolute Gasteiger partial charge is 0.302 e. The van der Waals surface area contributed by atoms with E-state index in [9.17, 15) is 0 Å². The fraction of sp³-hybridized carbons (Fsp3) is 0.333. The van der Waals surface area contributed by atoms with Gasteiger partial charge in [0.25, 0.3) is 0 Å². The van der Waals surface area contributed by atoms with Crippen molar-refractivity contribution in [1.29, 1.82) is 5.41 Å². The lowest BCUT2D eigenvalue weighted by atomic mass is 10.4. The molecule has 1 rings (SSSR count). The molecule has 0 aliphatic heterocycles. The lowest BCUT2D eigenvalue weighted by Gasteiger charge is -1.84. The second kappa shape index (κ2) is 2.27. The molecule has 1 aromatic rings. The van der Waals surface area contributed by atoms with Crippen LogP contribution in [0.25, 0.3) is 0 Å². The fourth-order valence-corrected chi connectivity index (χ4v) is 1.23. The van der Waals surface area contributed by atoms with Crippen LogP contribution in [0.15, 0.2) is 5.38 Å². The molecular formula is C6H8N2S. The van der Waals surface area contributed by atoms with E-state index in [2.05, 4.69) is 4.98 Å². The second-order valence-electron chi connectivity index (χ2n) is 1.92. The van der Waals surface area contributed by atoms with Gasteiger partial charge in [-0.25, -0.2) is 4.98 Å². The van der Waals surface area contributed by atoms with Gasteiger partial charge in [0.1, 0.15) is 5.01 Å². The molecule has 0 aromatic carbocycles. The van der Waals surface area contributed by atoms with Gasteiger partial charge in [0.15, 0.2) is 0 Å². The van der Waals surface area contributed by atoms with E-state index < -0.39 is 0 Å². The third kappa shape index (κ3) is 1.36. The monoisotopic (exact) mass is 140 g/mol. The number of aryl methyl sites for hydroxylation is 1. The third-order valence-electron chi connectivity index (χ3n) is 0.940. The number of nitrogens with one attached hydrogen (secondary N) is 1. The zero-order valence-electron chi connectivity index (χ0n) is 5.43. The van der Waals surface area contributed by atoms with Gasteiger partial charge in [0.2, 0.25) is 0 Å². The number of hydrogen-bond acceptors (Lipinski definition) is 3. The minimum absolute atomic E-state index is 0.549. The highest BCUT2D eigenvalue weighted by Crippen LogP contribution is 2.08. The van der Waals surface area contributed by atoms with Crippen LogP contribution in [-0.4, -0.2) is 10.7 Å². The summed E-state index contributed by atoms with van der Waals surface area (Å²) in [7, 11) is 0. The summed E-state index contributed by atoms with van der Waals surface area (Å²) in [5.74, 6) is 0. The molecule has 0 atom stereocenters. The Bertz CT molecular complexity index is 227. The molecule has 0 aliphatic carbocycles. The van der Waals surface area contributed by atoms with Gasteiger partial charge in [-0.1, -0.05) is 0 Å². The van der Waals surface area contributed by atoms with Crippen molar-refractivity contribution < 1.29 is 0 Å². The Labute approximate surface area is 58.1 Å². The summed E-state index contributed by atoms with van der Waals surface area (Å²) in [5, 5.41) is 9.97. The number of hydrogen-bond donors (Lipinski definition) is 1. The number of rotatable bonds is 1. The minimum Gasteiger partial charge on any atom is -0.302 e. The Kier molecular flexibility index (Phi) is 1.62. The van der Waals surface area contributed by atoms with Crippen molar-refractivity contribution >= 4 is 17.0 Å². The molecule has 0 radical (unpaired) electrons. The van der Waals surface area contributed by atoms with Crippen molar-refractivity contribution in [3.8, 4) is 0 Å². The van der Waals surface area contributed by atoms with Gasteiger partial charge >= 0.3 is 0 Å². The summed E-state index contributed by atoms with van der Waals surface area (Å²) < 4.78 is 0. The minimum atomic E-state index is 0.549. The Morgan fingerprint density at radius 2 is 2.44 bits per heavy atom. The van der Waals surface area contributed by atoms with E-state index in [1.54, 1.807) is 6.92 Å². The zero-order valence-corrected chi connectivity index (χ0v) is 6.25. The van der Waals surface area contributed by atoms with Crippen molar-refractivity contribution in [3.63, 3.8) is 0 Å². The van der Waals surface area contributed by atoms with E-state index in [4.69, 9.17) is 5.41 Å². The average molecular weight is 140 g/mol. The summed E-state index contributed by atoms with van der Waals surface area (Å²) in [4.78, 5) is 4.10. The highest BCUT2D eigenvalue weighted by atomic mass is 32.1. The van der Waals surface area contributed by atoms with E-state index in [1.165, 1.54) is 11.3 Å². The number of thiazole rings is 1. The van der Waals surface area contributed by atoms with Crippen LogP contribution in [0.5, 0.6) is 0 Å². The van der Waals surface area contributed by atoms with Crippen LogP contribution in [0.4, 0.5) is 0 Å². The molecule has 0 saturated heterocycles. The topological polar surface area (TPSA) is 36.7 Å². The van der Waals surface area contributed by atoms with Crippen LogP contribution in [0.1, 0.15) is 17.6 Å². The van der Waals surface area contributed by atoms with Gasteiger partial charge in [-0.3, -0.25) is 0 Å². The molecule has 0 unspecified atom stereocenters. The maximum atomic E-state index is 7.20. The molecular weight excluding hydrogens is 132 g/mol. The first-order valence-corrected chi connectivity index (χ1v) is 3.56. The molecule has 1 aromatic heterocycles. The molecule has 1 heterocycles. The van der Waals surface area contributed by atoms with Crippen molar-refractivity contribution in [2.75, 3.05) is 0 Å². The first-order valence-electron chi connectivity index (χ1n) is 2.68. The molecule has 0 spiro atoms. The Morgan fingerprint density at radius 3 is 2.67 bits per heavy atom. The predicted molar refractivity (Wildman–Crippen MR) is 39.4 cm³/mol. The zero-order chi connectivity index (χ0) is 6.85. The van der Waals surface area contributed by atoms with E-state index >= 15 is 0 Å². The Balaban J connectivity index is 2.98. The quantitative estimate of drug-likeness (QED) is 0.594. The molecule has 48 valence electrons. The van der Waals surface area contributed by atoms with E-state index in [-0.39, 0.29) is 0 Å². The van der Waals surface area contributed by atoms with Crippen LogP contribution < -0.4 is 0 Å². The average Bonchev–Trinajstić information content (AvgIpc) is 2.14. The van der Waals surface area contributed by atoms with Crippen LogP contribution in [0, 0.1) is 12.3 Å². The van der Waals surface area contributed by atoms with Gasteiger partial charge < -0.3 is 5.41 Å². The molecule has 0 bridgehead atoms. The van der Waals surface area contributed by atoms with Crippen LogP contribution in [-0.2, 0) is 0 Å². The molecule has 0 fully saturated rings. The first kappa shape index (κ1) is 6.42. The summed E-state index contributed by atoms with van der Waals surface area (Å²) in [6.45, 7) is 3.68. The Morgan fingerprint density at radius 1 is 1.78 bits per heavy atom. The summed E-state index contributed by atoms with van der Waals surface area (Å²) in [5.41, 5.74) is 1.55. The smallest absolute Gasteiger partial charge is 0.136 e. The van der Waals surface area contributed by atoms with Crippen LogP contribution >= 0.6 is 11.3 Å². The fourth-order valence-electron chi connectivity index (χ4n) is 0.526. The molecule has 9 heavy (non-hydrogen) atoms. The summed E-state index contributed by atoms with van der Waals surface area (Å²) >= 11 is 1.52. The van der Waals surface area contributed by atoms with Crippen molar-refractivity contribution in [3.05, 3.63) is 16.1 Å². The van der Waals surface area contributed by atoms with Crippen molar-refractivity contribution in [2.24, 2.45) is 0 Å². The van der Waals surface area contributed by atoms with Crippen LogP contribution in [0.3, 0.4) is 0 Å². The highest BCUT2D eigenvalue weighted by molar-refractivity contribution is 7.11. The number of nitrogens with zero attached hydrogens (tertiary/aromatic N) is 1. The maximum Gasteiger partial charge on any atom is 0.136 e. The van der Waals surface area contributed by atoms with E-state index in [1.807, 2.05) is 12.3 Å². The van der Waals surface area contributed by atoms with Gasteiger partial charge in [-0.05, 0) is 13.8 Å². The Hall–Kier alpha value is -0.700. The van der Waals surface area contributed by atoms with Gasteiger partial charge in [-0.15, -0.1) is 11.3 Å². The molecule has 2 nitrogen and oxygen atoms in total. The van der Waals surface area contributed by atoms with Crippen LogP contribution in [0.2, 0.25) is 0 Å². The van der Waals surface area contributed by atoms with E-state index in [0.29, 0.717) is 5.71 Å². The lowest BCUT2D eigenvalue weighted by molar-refractivity contribution is 1.24. The molecule has 0 saturated carbocycles. The van der Waals surface area contributed by atoms with Crippen molar-refractivity contribution in [2.45, 2.75) is 13.8 Å². The molecule has 3 heteroatoms. The lowest BCUT2D eigenvalue weighted by Crippen LogP contribution is -1.89. The molecule has 0 aliphatic rings. The van der Waals surface area contributed by atoms with E-state index in [0.717, 1.165) is 10.7 Å². The predicted octanol–water partition coefficient (Wildman–Crippen LogP) is 1.84. The summed E-state index contributed by atoms with van der Waals surface area (Å²) in [6, 6.07) is 0. The maximum absolute atomic E-state index is 7.20. The van der Waals surface area contributed by atoms with Crippen molar-refractivity contribution in [1.82, 2.24) is 4.98 Å².